The van der Waals surface area contributed by atoms with Crippen LogP contribution in [0.25, 0.3) is 17.1 Å². The highest BCUT2D eigenvalue weighted by molar-refractivity contribution is 7.98. The Hall–Kier alpha value is -3.21. The van der Waals surface area contributed by atoms with Gasteiger partial charge in [0.05, 0.1) is 16.5 Å². The maximum Gasteiger partial charge on any atom is 0.273 e. The van der Waals surface area contributed by atoms with Crippen LogP contribution in [0.4, 0.5) is 0 Å². The summed E-state index contributed by atoms with van der Waals surface area (Å²) < 4.78 is 2.02. The molecule has 0 N–H and O–H groups in total. The number of benzene rings is 2. The van der Waals surface area contributed by atoms with E-state index in [0.29, 0.717) is 53.6 Å². The first kappa shape index (κ1) is 25.4. The van der Waals surface area contributed by atoms with Crippen LogP contribution in [0.1, 0.15) is 28.0 Å². The molecule has 0 bridgehead atoms. The molecule has 0 saturated carbocycles. The third kappa shape index (κ3) is 5.41. The van der Waals surface area contributed by atoms with E-state index in [4.69, 9.17) is 11.6 Å². The quantitative estimate of drug-likeness (QED) is 0.315. The molecule has 11 heteroatoms. The second-order valence-corrected chi connectivity index (χ2v) is 10.9. The molecular weight excluding hydrogens is 528 g/mol. The lowest BCUT2D eigenvalue weighted by molar-refractivity contribution is -0.130. The summed E-state index contributed by atoms with van der Waals surface area (Å²) in [5.41, 5.74) is 3.31. The molecule has 0 unspecified atom stereocenters. The van der Waals surface area contributed by atoms with Gasteiger partial charge in [-0.15, -0.1) is 21.5 Å². The predicted octanol–water partition coefficient (Wildman–Crippen LogP) is 4.95. The molecule has 1 aliphatic rings. The Balaban J connectivity index is 1.35. The van der Waals surface area contributed by atoms with Crippen LogP contribution in [0.5, 0.6) is 0 Å². The fraction of sp³-hybridized carbons (Fsp3) is 0.269. The third-order valence-corrected chi connectivity index (χ3v) is 8.51. The molecule has 4 aromatic rings. The predicted molar refractivity (Wildman–Crippen MR) is 146 cm³/mol. The summed E-state index contributed by atoms with van der Waals surface area (Å²) in [7, 11) is 0. The molecule has 5 rings (SSSR count). The van der Waals surface area contributed by atoms with Gasteiger partial charge in [0, 0.05) is 44.0 Å². The molecule has 0 spiro atoms. The van der Waals surface area contributed by atoms with Crippen molar-refractivity contribution in [2.75, 3.05) is 26.2 Å². The lowest BCUT2D eigenvalue weighted by Gasteiger charge is -2.33. The highest BCUT2D eigenvalue weighted by Crippen LogP contribution is 2.34. The fourth-order valence-electron chi connectivity index (χ4n) is 4.20. The van der Waals surface area contributed by atoms with Crippen LogP contribution in [-0.4, -0.2) is 67.5 Å². The number of aromatic nitrogens is 4. The van der Waals surface area contributed by atoms with Crippen molar-refractivity contribution >= 4 is 46.5 Å². The van der Waals surface area contributed by atoms with E-state index < -0.39 is 0 Å². The van der Waals surface area contributed by atoms with E-state index in [9.17, 15) is 9.59 Å². The highest BCUT2D eigenvalue weighted by Gasteiger charge is 2.25. The average Bonchev–Trinajstić information content (AvgIpc) is 3.55. The molecule has 1 fully saturated rings. The second kappa shape index (κ2) is 11.0. The summed E-state index contributed by atoms with van der Waals surface area (Å²) in [6, 6.07) is 15.7. The first-order chi connectivity index (χ1) is 17.9. The van der Waals surface area contributed by atoms with Gasteiger partial charge in [0.2, 0.25) is 5.91 Å². The minimum absolute atomic E-state index is 0.0382. The molecule has 2 amide bonds. The molecule has 37 heavy (non-hydrogen) atoms. The normalized spacial score (nSPS) is 13.7. The first-order valence-electron chi connectivity index (χ1n) is 11.8. The summed E-state index contributed by atoms with van der Waals surface area (Å²) in [5, 5.41) is 12.9. The van der Waals surface area contributed by atoms with Crippen LogP contribution in [0.15, 0.2) is 59.1 Å². The molecule has 2 aromatic heterocycles. The van der Waals surface area contributed by atoms with Crippen LogP contribution in [-0.2, 0) is 10.5 Å². The average molecular weight is 553 g/mol. The standard InChI is InChI=1S/C26H25ClN6O2S2/c1-17-7-3-6-10-22(17)33-24(19-8-4-5-9-20(19)27)29-30-26(33)37-16-23-28-21(15-36-23)25(35)32-13-11-31(12-14-32)18(2)34/h3-10,15H,11-14,16H2,1-2H3. The Kier molecular flexibility index (Phi) is 7.59. The smallest absolute Gasteiger partial charge is 0.273 e. The van der Waals surface area contributed by atoms with Crippen LogP contribution < -0.4 is 0 Å². The summed E-state index contributed by atoms with van der Waals surface area (Å²) in [6.07, 6.45) is 0. The SMILES string of the molecule is CC(=O)N1CCN(C(=O)c2csc(CSc3nnc(-c4ccccc4Cl)n3-c3ccccc3C)n2)CC1. The van der Waals surface area contributed by atoms with E-state index >= 15 is 0 Å². The monoisotopic (exact) mass is 552 g/mol. The summed E-state index contributed by atoms with van der Waals surface area (Å²) in [6.45, 7) is 5.75. The largest absolute Gasteiger partial charge is 0.339 e. The molecule has 3 heterocycles. The van der Waals surface area contributed by atoms with Gasteiger partial charge in [-0.1, -0.05) is 53.7 Å². The van der Waals surface area contributed by atoms with E-state index in [-0.39, 0.29) is 11.8 Å². The van der Waals surface area contributed by atoms with Crippen LogP contribution in [0, 0.1) is 6.92 Å². The Morgan fingerprint density at radius 1 is 1.00 bits per heavy atom. The molecule has 190 valence electrons. The van der Waals surface area contributed by atoms with Gasteiger partial charge in [-0.2, -0.15) is 0 Å². The number of amides is 2. The van der Waals surface area contributed by atoms with Crippen LogP contribution >= 0.6 is 34.7 Å². The van der Waals surface area contributed by atoms with Crippen molar-refractivity contribution in [2.45, 2.75) is 24.8 Å². The number of hydrogen-bond donors (Lipinski definition) is 0. The van der Waals surface area contributed by atoms with Crippen molar-refractivity contribution in [3.63, 3.8) is 0 Å². The van der Waals surface area contributed by atoms with Crippen molar-refractivity contribution in [2.24, 2.45) is 0 Å². The summed E-state index contributed by atoms with van der Waals surface area (Å²) >= 11 is 9.48. The Bertz CT molecular complexity index is 1440. The van der Waals surface area contributed by atoms with Gasteiger partial charge >= 0.3 is 0 Å². The Morgan fingerprint density at radius 3 is 2.43 bits per heavy atom. The zero-order chi connectivity index (χ0) is 25.9. The molecule has 0 atom stereocenters. The molecule has 8 nitrogen and oxygen atoms in total. The summed E-state index contributed by atoms with van der Waals surface area (Å²) in [5.74, 6) is 1.15. The Labute approximate surface area is 228 Å². The first-order valence-corrected chi connectivity index (χ1v) is 14.0. The van der Waals surface area contributed by atoms with Gasteiger partial charge in [0.1, 0.15) is 10.7 Å². The number of nitrogens with zero attached hydrogens (tertiary/aromatic N) is 6. The molecule has 1 aliphatic heterocycles. The fourth-order valence-corrected chi connectivity index (χ4v) is 6.15. The number of hydrogen-bond acceptors (Lipinski definition) is 7. The Morgan fingerprint density at radius 2 is 1.70 bits per heavy atom. The van der Waals surface area contributed by atoms with Crippen molar-refractivity contribution in [3.8, 4) is 17.1 Å². The topological polar surface area (TPSA) is 84.2 Å². The van der Waals surface area contributed by atoms with Gasteiger partial charge in [-0.25, -0.2) is 4.98 Å². The number of halogens is 1. The lowest BCUT2D eigenvalue weighted by Crippen LogP contribution is -2.50. The zero-order valence-electron chi connectivity index (χ0n) is 20.4. The van der Waals surface area contributed by atoms with Gasteiger partial charge < -0.3 is 9.80 Å². The van der Waals surface area contributed by atoms with Crippen LogP contribution in [0.2, 0.25) is 5.02 Å². The van der Waals surface area contributed by atoms with Gasteiger partial charge in [0.25, 0.3) is 5.91 Å². The van der Waals surface area contributed by atoms with Crippen molar-refractivity contribution in [1.82, 2.24) is 29.5 Å². The van der Waals surface area contributed by atoms with Gasteiger partial charge in [0.15, 0.2) is 11.0 Å². The molecule has 1 saturated heterocycles. The minimum Gasteiger partial charge on any atom is -0.339 e. The molecule has 2 aromatic carbocycles. The maximum absolute atomic E-state index is 13.0. The number of rotatable bonds is 6. The van der Waals surface area contributed by atoms with Crippen molar-refractivity contribution in [3.05, 3.63) is 75.2 Å². The number of thioether (sulfide) groups is 1. The summed E-state index contributed by atoms with van der Waals surface area (Å²) in [4.78, 5) is 32.6. The number of aryl methyl sites for hydroxylation is 1. The minimum atomic E-state index is -0.0974. The third-order valence-electron chi connectivity index (χ3n) is 6.21. The number of carbonyl (C=O) groups excluding carboxylic acids is 2. The van der Waals surface area contributed by atoms with Crippen molar-refractivity contribution in [1.29, 1.82) is 0 Å². The number of carbonyl (C=O) groups is 2. The molecule has 0 aliphatic carbocycles. The molecule has 0 radical (unpaired) electrons. The molecular formula is C26H25ClN6O2S2. The van der Waals surface area contributed by atoms with Gasteiger partial charge in [-0.3, -0.25) is 14.2 Å². The highest BCUT2D eigenvalue weighted by atomic mass is 35.5. The van der Waals surface area contributed by atoms with E-state index in [2.05, 4.69) is 28.2 Å². The van der Waals surface area contributed by atoms with E-state index in [1.54, 1.807) is 22.1 Å². The lowest BCUT2D eigenvalue weighted by atomic mass is 10.1. The van der Waals surface area contributed by atoms with E-state index in [1.807, 2.05) is 47.0 Å². The zero-order valence-corrected chi connectivity index (χ0v) is 22.8. The second-order valence-electron chi connectivity index (χ2n) is 8.62. The number of thiazole rings is 1. The van der Waals surface area contributed by atoms with Gasteiger partial charge in [-0.05, 0) is 30.7 Å². The van der Waals surface area contributed by atoms with Crippen molar-refractivity contribution < 1.29 is 9.59 Å². The van der Waals surface area contributed by atoms with E-state index in [1.165, 1.54) is 23.1 Å². The van der Waals surface area contributed by atoms with Crippen LogP contribution in [0.3, 0.4) is 0 Å². The maximum atomic E-state index is 13.0. The number of piperazine rings is 1. The number of para-hydroxylation sites is 1. The van der Waals surface area contributed by atoms with E-state index in [0.717, 1.165) is 21.8 Å².